The molecule has 10 heteroatoms. The van der Waals surface area contributed by atoms with Crippen molar-refractivity contribution in [2.24, 2.45) is 0 Å². The molecule has 0 radical (unpaired) electrons. The van der Waals surface area contributed by atoms with Crippen molar-refractivity contribution in [1.82, 2.24) is 4.72 Å². The molecule has 2 N–H and O–H groups in total. The molecule has 0 saturated carbocycles. The molecule has 0 atom stereocenters. The Morgan fingerprint density at radius 3 is 2.50 bits per heavy atom. The van der Waals surface area contributed by atoms with E-state index in [-0.39, 0.29) is 0 Å². The monoisotopic (exact) mass is 452 g/mol. The Morgan fingerprint density at radius 2 is 1.83 bits per heavy atom. The molecular formula is C20H21ClN2O6S. The lowest BCUT2D eigenvalue weighted by molar-refractivity contribution is -0.146. The molecule has 160 valence electrons. The van der Waals surface area contributed by atoms with Crippen molar-refractivity contribution in [3.05, 3.63) is 64.0 Å². The summed E-state index contributed by atoms with van der Waals surface area (Å²) in [5, 5.41) is 3.83. The molecule has 2 aromatic carbocycles. The van der Waals surface area contributed by atoms with Crippen LogP contribution in [0.3, 0.4) is 0 Å². The van der Waals surface area contributed by atoms with Crippen LogP contribution in [0.25, 0.3) is 6.08 Å². The second-order valence-electron chi connectivity index (χ2n) is 6.13. The number of aryl methyl sites for hydroxylation is 1. The molecular weight excluding hydrogens is 432 g/mol. The quantitative estimate of drug-likeness (QED) is 0.566. The van der Waals surface area contributed by atoms with E-state index in [2.05, 4.69) is 10.0 Å². The molecule has 0 unspecified atom stereocenters. The maximum atomic E-state index is 11.9. The number of rotatable bonds is 9. The van der Waals surface area contributed by atoms with Gasteiger partial charge in [0.2, 0.25) is 10.0 Å². The van der Waals surface area contributed by atoms with E-state index in [0.717, 1.165) is 11.0 Å². The summed E-state index contributed by atoms with van der Waals surface area (Å²) in [7, 11) is -2.42. The van der Waals surface area contributed by atoms with Gasteiger partial charge in [-0.25, -0.2) is 13.1 Å². The van der Waals surface area contributed by atoms with Crippen LogP contribution in [-0.4, -0.2) is 40.6 Å². The molecule has 0 fully saturated rings. The SMILES string of the molecule is COc1ccc(Cl)cc1NC(=O)COC(=O)CNS(=O)(=O)/C=C/c1ccc(C)cc1. The topological polar surface area (TPSA) is 111 Å². The molecule has 0 spiro atoms. The second kappa shape index (κ2) is 10.8. The molecule has 2 rings (SSSR count). The Bertz CT molecular complexity index is 1040. The zero-order valence-electron chi connectivity index (χ0n) is 16.3. The van der Waals surface area contributed by atoms with Crippen LogP contribution < -0.4 is 14.8 Å². The van der Waals surface area contributed by atoms with Crippen LogP contribution in [0.1, 0.15) is 11.1 Å². The van der Waals surface area contributed by atoms with Gasteiger partial charge >= 0.3 is 5.97 Å². The lowest BCUT2D eigenvalue weighted by Crippen LogP contribution is -2.31. The third kappa shape index (κ3) is 7.86. The van der Waals surface area contributed by atoms with Gasteiger partial charge in [0, 0.05) is 10.4 Å². The van der Waals surface area contributed by atoms with Gasteiger partial charge in [-0.15, -0.1) is 0 Å². The van der Waals surface area contributed by atoms with Gasteiger partial charge in [-0.2, -0.15) is 0 Å². The minimum atomic E-state index is -3.85. The first-order chi connectivity index (χ1) is 14.2. The van der Waals surface area contributed by atoms with Crippen molar-refractivity contribution in [1.29, 1.82) is 0 Å². The van der Waals surface area contributed by atoms with E-state index in [4.69, 9.17) is 21.1 Å². The van der Waals surface area contributed by atoms with E-state index >= 15 is 0 Å². The van der Waals surface area contributed by atoms with Gasteiger partial charge in [0.1, 0.15) is 12.3 Å². The average molecular weight is 453 g/mol. The van der Waals surface area contributed by atoms with Crippen LogP contribution in [0.5, 0.6) is 5.75 Å². The Morgan fingerprint density at radius 1 is 1.13 bits per heavy atom. The van der Waals surface area contributed by atoms with E-state index < -0.39 is 35.1 Å². The maximum absolute atomic E-state index is 11.9. The van der Waals surface area contributed by atoms with E-state index in [1.807, 2.05) is 19.1 Å². The number of ether oxygens (including phenoxy) is 2. The summed E-state index contributed by atoms with van der Waals surface area (Å²) >= 11 is 5.88. The molecule has 0 heterocycles. The average Bonchev–Trinajstić information content (AvgIpc) is 2.71. The van der Waals surface area contributed by atoms with E-state index in [1.54, 1.807) is 24.3 Å². The Kier molecular flexibility index (Phi) is 8.40. The van der Waals surface area contributed by atoms with Crippen LogP contribution in [0.15, 0.2) is 47.9 Å². The number of halogens is 1. The molecule has 1 amide bonds. The summed E-state index contributed by atoms with van der Waals surface area (Å²) < 4.78 is 35.8. The number of esters is 1. The number of carbonyl (C=O) groups is 2. The molecule has 0 aliphatic heterocycles. The highest BCUT2D eigenvalue weighted by Gasteiger charge is 2.13. The highest BCUT2D eigenvalue weighted by atomic mass is 35.5. The van der Waals surface area contributed by atoms with E-state index in [0.29, 0.717) is 22.0 Å². The third-order valence-electron chi connectivity index (χ3n) is 3.73. The molecule has 0 aromatic heterocycles. The van der Waals surface area contributed by atoms with Gasteiger partial charge in [-0.05, 0) is 36.8 Å². The van der Waals surface area contributed by atoms with Crippen LogP contribution >= 0.6 is 11.6 Å². The number of anilines is 1. The number of benzene rings is 2. The lowest BCUT2D eigenvalue weighted by atomic mass is 10.2. The van der Waals surface area contributed by atoms with Gasteiger partial charge < -0.3 is 14.8 Å². The van der Waals surface area contributed by atoms with Crippen LogP contribution in [0, 0.1) is 6.92 Å². The van der Waals surface area contributed by atoms with Crippen LogP contribution in [0.4, 0.5) is 5.69 Å². The molecule has 2 aromatic rings. The number of hydrogen-bond acceptors (Lipinski definition) is 6. The molecule has 0 aliphatic carbocycles. The summed E-state index contributed by atoms with van der Waals surface area (Å²) in [5.74, 6) is -1.16. The fraction of sp³-hybridized carbons (Fsp3) is 0.200. The summed E-state index contributed by atoms with van der Waals surface area (Å²) in [6.45, 7) is 0.701. The summed E-state index contributed by atoms with van der Waals surface area (Å²) in [6.07, 6.45) is 1.40. The largest absolute Gasteiger partial charge is 0.495 e. The van der Waals surface area contributed by atoms with Crippen molar-refractivity contribution >= 4 is 45.3 Å². The number of hydrogen-bond donors (Lipinski definition) is 2. The summed E-state index contributed by atoms with van der Waals surface area (Å²) in [6, 6.07) is 11.9. The fourth-order valence-corrected chi connectivity index (χ4v) is 3.14. The predicted octanol–water partition coefficient (Wildman–Crippen LogP) is 2.73. The van der Waals surface area contributed by atoms with Gasteiger partial charge in [0.15, 0.2) is 6.61 Å². The molecule has 0 aliphatic rings. The van der Waals surface area contributed by atoms with Crippen molar-refractivity contribution in [3.8, 4) is 5.75 Å². The number of sulfonamides is 1. The minimum Gasteiger partial charge on any atom is -0.495 e. The van der Waals surface area contributed by atoms with Gasteiger partial charge in [-0.3, -0.25) is 9.59 Å². The number of amides is 1. The number of carbonyl (C=O) groups excluding carboxylic acids is 2. The van der Waals surface area contributed by atoms with Crippen molar-refractivity contribution in [2.75, 3.05) is 25.6 Å². The Labute approximate surface area is 179 Å². The zero-order valence-corrected chi connectivity index (χ0v) is 17.9. The molecule has 0 saturated heterocycles. The normalized spacial score (nSPS) is 11.3. The lowest BCUT2D eigenvalue weighted by Gasteiger charge is -2.11. The van der Waals surface area contributed by atoms with Crippen LogP contribution in [0.2, 0.25) is 5.02 Å². The fourth-order valence-electron chi connectivity index (χ4n) is 2.21. The van der Waals surface area contributed by atoms with Gasteiger partial charge in [-0.1, -0.05) is 41.4 Å². The van der Waals surface area contributed by atoms with E-state index in [9.17, 15) is 18.0 Å². The first-order valence-corrected chi connectivity index (χ1v) is 10.6. The third-order valence-corrected chi connectivity index (χ3v) is 5.01. The Hall–Kier alpha value is -2.88. The molecule has 8 nitrogen and oxygen atoms in total. The van der Waals surface area contributed by atoms with Crippen molar-refractivity contribution < 1.29 is 27.5 Å². The predicted molar refractivity (Wildman–Crippen MR) is 115 cm³/mol. The zero-order chi connectivity index (χ0) is 22.1. The highest BCUT2D eigenvalue weighted by Crippen LogP contribution is 2.27. The second-order valence-corrected chi connectivity index (χ2v) is 8.22. The van der Waals surface area contributed by atoms with Gasteiger partial charge in [0.25, 0.3) is 5.91 Å². The van der Waals surface area contributed by atoms with Crippen molar-refractivity contribution in [2.45, 2.75) is 6.92 Å². The Balaban J connectivity index is 1.80. The van der Waals surface area contributed by atoms with Crippen molar-refractivity contribution in [3.63, 3.8) is 0 Å². The molecule has 0 bridgehead atoms. The smallest absolute Gasteiger partial charge is 0.321 e. The summed E-state index contributed by atoms with van der Waals surface area (Å²) in [4.78, 5) is 23.7. The molecule has 30 heavy (non-hydrogen) atoms. The number of nitrogens with one attached hydrogen (secondary N) is 2. The summed E-state index contributed by atoms with van der Waals surface area (Å²) in [5.41, 5.74) is 2.06. The highest BCUT2D eigenvalue weighted by molar-refractivity contribution is 7.92. The minimum absolute atomic E-state index is 0.313. The first-order valence-electron chi connectivity index (χ1n) is 8.72. The maximum Gasteiger partial charge on any atom is 0.321 e. The first kappa shape index (κ1) is 23.4. The van der Waals surface area contributed by atoms with Gasteiger partial charge in [0.05, 0.1) is 12.8 Å². The number of methoxy groups -OCH3 is 1. The standard InChI is InChI=1S/C20H21ClN2O6S/c1-14-3-5-15(6-4-14)9-10-30(26,27)22-12-20(25)29-13-19(24)23-17-11-16(21)7-8-18(17)28-2/h3-11,22H,12-13H2,1-2H3,(H,23,24)/b10-9+. The van der Waals surface area contributed by atoms with Crippen LogP contribution in [-0.2, 0) is 24.3 Å². The van der Waals surface area contributed by atoms with E-state index in [1.165, 1.54) is 19.3 Å².